The van der Waals surface area contributed by atoms with E-state index in [-0.39, 0.29) is 0 Å². The van der Waals surface area contributed by atoms with Crippen molar-refractivity contribution in [2.75, 3.05) is 26.2 Å². The van der Waals surface area contributed by atoms with Gasteiger partial charge in [0.15, 0.2) is 0 Å². The number of benzene rings is 1. The average molecular weight is 302 g/mol. The van der Waals surface area contributed by atoms with E-state index >= 15 is 0 Å². The fourth-order valence-electron chi connectivity index (χ4n) is 2.08. The first kappa shape index (κ1) is 15.6. The van der Waals surface area contributed by atoms with E-state index in [2.05, 4.69) is 5.32 Å². The van der Waals surface area contributed by atoms with Crippen molar-refractivity contribution >= 4 is 6.09 Å². The van der Waals surface area contributed by atoms with Crippen LogP contribution in [0.3, 0.4) is 0 Å². The van der Waals surface area contributed by atoms with Gasteiger partial charge in [-0.3, -0.25) is 0 Å². The molecule has 4 nitrogen and oxygen atoms in total. The number of alkyl halides is 3. The zero-order chi connectivity index (χ0) is 15.5. The third kappa shape index (κ3) is 4.10. The van der Waals surface area contributed by atoms with Crippen molar-refractivity contribution in [3.63, 3.8) is 0 Å². The number of rotatable bonds is 2. The predicted molar refractivity (Wildman–Crippen MR) is 70.8 cm³/mol. The van der Waals surface area contributed by atoms with E-state index in [1.54, 1.807) is 11.8 Å². The normalized spacial score (nSPS) is 17.4. The second kappa shape index (κ2) is 6.34. The Balaban J connectivity index is 1.96. The lowest BCUT2D eigenvalue weighted by atomic mass is 10.1. The van der Waals surface area contributed by atoms with Gasteiger partial charge < -0.3 is 15.0 Å². The summed E-state index contributed by atoms with van der Waals surface area (Å²) >= 11 is 0. The van der Waals surface area contributed by atoms with E-state index in [0.717, 1.165) is 12.1 Å². The Hall–Kier alpha value is -1.76. The first-order chi connectivity index (χ1) is 9.88. The summed E-state index contributed by atoms with van der Waals surface area (Å²) in [5.41, 5.74) is -0.182. The minimum Gasteiger partial charge on any atom is -0.442 e. The van der Waals surface area contributed by atoms with Gasteiger partial charge in [0.05, 0.1) is 5.56 Å². The van der Waals surface area contributed by atoms with Gasteiger partial charge in [-0.1, -0.05) is 12.1 Å². The number of hydrogen-bond acceptors (Lipinski definition) is 3. The number of hydrogen-bond donors (Lipinski definition) is 1. The zero-order valence-corrected chi connectivity index (χ0v) is 11.6. The number of carbonyl (C=O) groups excluding carboxylic acids is 1. The third-order valence-electron chi connectivity index (χ3n) is 3.36. The summed E-state index contributed by atoms with van der Waals surface area (Å²) in [5, 5.41) is 3.12. The fourth-order valence-corrected chi connectivity index (χ4v) is 2.08. The largest absolute Gasteiger partial charge is 0.442 e. The molecule has 0 aromatic heterocycles. The second-order valence-electron chi connectivity index (χ2n) is 4.88. The highest BCUT2D eigenvalue weighted by Crippen LogP contribution is 2.30. The van der Waals surface area contributed by atoms with Gasteiger partial charge in [0, 0.05) is 26.2 Å². The van der Waals surface area contributed by atoms with Crippen LogP contribution in [0, 0.1) is 0 Å². The van der Waals surface area contributed by atoms with Gasteiger partial charge in [-0.15, -0.1) is 0 Å². The maximum absolute atomic E-state index is 12.5. The molecule has 0 radical (unpaired) electrons. The highest BCUT2D eigenvalue weighted by atomic mass is 19.4. The zero-order valence-electron chi connectivity index (χ0n) is 11.6. The summed E-state index contributed by atoms with van der Waals surface area (Å²) in [6, 6.07) is 4.64. The molecule has 1 atom stereocenters. The average Bonchev–Trinajstić information content (AvgIpc) is 2.47. The summed E-state index contributed by atoms with van der Waals surface area (Å²) in [7, 11) is 0. The van der Waals surface area contributed by atoms with Gasteiger partial charge in [-0.05, 0) is 24.6 Å². The van der Waals surface area contributed by atoms with Crippen LogP contribution in [0.5, 0.6) is 0 Å². The number of halogens is 3. The third-order valence-corrected chi connectivity index (χ3v) is 3.36. The van der Waals surface area contributed by atoms with E-state index < -0.39 is 23.9 Å². The molecule has 2 rings (SSSR count). The predicted octanol–water partition coefficient (Wildman–Crippen LogP) is 2.81. The molecule has 0 aliphatic carbocycles. The van der Waals surface area contributed by atoms with E-state index in [1.807, 2.05) is 0 Å². The number of carbonyl (C=O) groups is 1. The summed E-state index contributed by atoms with van der Waals surface area (Å²) < 4.78 is 42.7. The van der Waals surface area contributed by atoms with Gasteiger partial charge >= 0.3 is 12.3 Å². The van der Waals surface area contributed by atoms with Gasteiger partial charge in [-0.25, -0.2) is 4.79 Å². The first-order valence-corrected chi connectivity index (χ1v) is 6.71. The molecule has 7 heteroatoms. The smallest absolute Gasteiger partial charge is 0.416 e. The monoisotopic (exact) mass is 302 g/mol. The lowest BCUT2D eigenvalue weighted by Gasteiger charge is -2.28. The molecular formula is C14H17F3N2O2. The van der Waals surface area contributed by atoms with Crippen molar-refractivity contribution in [2.45, 2.75) is 19.2 Å². The van der Waals surface area contributed by atoms with Gasteiger partial charge in [-0.2, -0.15) is 13.2 Å². The van der Waals surface area contributed by atoms with Gasteiger partial charge in [0.2, 0.25) is 0 Å². The molecule has 21 heavy (non-hydrogen) atoms. The van der Waals surface area contributed by atoms with Crippen LogP contribution in [0.4, 0.5) is 18.0 Å². The van der Waals surface area contributed by atoms with Crippen molar-refractivity contribution in [3.05, 3.63) is 35.4 Å². The Labute approximate surface area is 120 Å². The lowest BCUT2D eigenvalue weighted by molar-refractivity contribution is -0.137. The molecule has 1 saturated heterocycles. The highest BCUT2D eigenvalue weighted by molar-refractivity contribution is 5.68. The number of piperazine rings is 1. The van der Waals surface area contributed by atoms with Gasteiger partial charge in [0.1, 0.15) is 6.10 Å². The van der Waals surface area contributed by atoms with Crippen LogP contribution < -0.4 is 5.32 Å². The van der Waals surface area contributed by atoms with Crippen LogP contribution in [0.2, 0.25) is 0 Å². The van der Waals surface area contributed by atoms with Crippen LogP contribution in [-0.2, 0) is 10.9 Å². The molecule has 1 aliphatic rings. The lowest BCUT2D eigenvalue weighted by Crippen LogP contribution is -2.46. The van der Waals surface area contributed by atoms with E-state index in [0.29, 0.717) is 31.7 Å². The van der Waals surface area contributed by atoms with E-state index in [4.69, 9.17) is 4.74 Å². The van der Waals surface area contributed by atoms with E-state index in [9.17, 15) is 18.0 Å². The van der Waals surface area contributed by atoms with Crippen molar-refractivity contribution < 1.29 is 22.7 Å². The second-order valence-corrected chi connectivity index (χ2v) is 4.88. The molecule has 1 N–H and O–H groups in total. The van der Waals surface area contributed by atoms with Crippen molar-refractivity contribution in [3.8, 4) is 0 Å². The van der Waals surface area contributed by atoms with E-state index in [1.165, 1.54) is 12.1 Å². The summed E-state index contributed by atoms with van der Waals surface area (Å²) in [4.78, 5) is 13.5. The molecule has 1 aliphatic heterocycles. The summed E-state index contributed by atoms with van der Waals surface area (Å²) in [6.07, 6.45) is -5.39. The van der Waals surface area contributed by atoms with Crippen LogP contribution in [0.15, 0.2) is 24.3 Å². The molecule has 1 fully saturated rings. The molecule has 1 unspecified atom stereocenters. The Kier molecular flexibility index (Phi) is 4.72. The Morgan fingerprint density at radius 1 is 1.24 bits per heavy atom. The topological polar surface area (TPSA) is 41.6 Å². The number of ether oxygens (including phenoxy) is 1. The van der Waals surface area contributed by atoms with Gasteiger partial charge in [0.25, 0.3) is 0 Å². The number of nitrogens with zero attached hydrogens (tertiary/aromatic N) is 1. The Bertz CT molecular complexity index is 482. The fraction of sp³-hybridized carbons (Fsp3) is 0.500. The highest BCUT2D eigenvalue weighted by Gasteiger charge is 2.30. The quantitative estimate of drug-likeness (QED) is 0.913. The molecule has 0 spiro atoms. The maximum Gasteiger partial charge on any atom is 0.416 e. The maximum atomic E-state index is 12.5. The minimum atomic E-state index is -4.36. The minimum absolute atomic E-state index is 0.441. The van der Waals surface area contributed by atoms with Crippen molar-refractivity contribution in [1.29, 1.82) is 0 Å². The molecular weight excluding hydrogens is 285 g/mol. The van der Waals surface area contributed by atoms with Crippen LogP contribution in [0.1, 0.15) is 24.2 Å². The molecule has 1 aromatic rings. The van der Waals surface area contributed by atoms with Crippen LogP contribution >= 0.6 is 0 Å². The molecule has 0 bridgehead atoms. The summed E-state index contributed by atoms with van der Waals surface area (Å²) in [5.74, 6) is 0. The van der Waals surface area contributed by atoms with Crippen molar-refractivity contribution in [1.82, 2.24) is 10.2 Å². The Morgan fingerprint density at radius 3 is 2.33 bits per heavy atom. The first-order valence-electron chi connectivity index (χ1n) is 6.71. The van der Waals surface area contributed by atoms with Crippen LogP contribution in [0.25, 0.3) is 0 Å². The van der Waals surface area contributed by atoms with Crippen molar-refractivity contribution in [2.24, 2.45) is 0 Å². The molecule has 0 saturated carbocycles. The molecule has 1 amide bonds. The number of amides is 1. The van der Waals surface area contributed by atoms with Crippen LogP contribution in [-0.4, -0.2) is 37.2 Å². The SMILES string of the molecule is CC(OC(=O)N1CCNCC1)c1ccc(C(F)(F)F)cc1. The molecule has 1 aromatic carbocycles. The molecule has 116 valence electrons. The summed E-state index contributed by atoms with van der Waals surface area (Å²) in [6.45, 7) is 4.20. The standard InChI is InChI=1S/C14H17F3N2O2/c1-10(21-13(20)19-8-6-18-7-9-19)11-2-4-12(5-3-11)14(15,16)17/h2-5,10,18H,6-9H2,1H3. The number of nitrogens with one attached hydrogen (secondary N) is 1. The molecule has 1 heterocycles. The Morgan fingerprint density at radius 2 is 1.81 bits per heavy atom.